The number of rotatable bonds is 8. The normalized spacial score (nSPS) is 12.2. The molecule has 0 unspecified atom stereocenters. The van der Waals surface area contributed by atoms with Crippen LogP contribution in [0.4, 0.5) is 0 Å². The third-order valence-corrected chi connectivity index (χ3v) is 20.9. The van der Waals surface area contributed by atoms with Crippen LogP contribution < -0.4 is 20.7 Å². The first-order chi connectivity index (χ1) is 38.2. The fourth-order valence-corrected chi connectivity index (χ4v) is 17.8. The fraction of sp³-hybridized carbons (Fsp3) is 0. The van der Waals surface area contributed by atoms with Gasteiger partial charge >= 0.3 is 0 Å². The SMILES string of the molecule is c1ccc([Si](c2ccccc2)(c2ccccc2)c2cccc(-n3c4ccccc4c4c3ccc3c5ccccc5n(-c5cc(-n6c7ccccc7c7ccccc76)nc(-n6c7ccccc7c7ccccc76)n5)c34)c2)cc1. The van der Waals surface area contributed by atoms with Gasteiger partial charge in [0.15, 0.2) is 8.07 Å². The van der Waals surface area contributed by atoms with E-state index in [1.165, 1.54) is 36.9 Å². The van der Waals surface area contributed by atoms with E-state index in [0.717, 1.165) is 88.4 Å². The maximum Gasteiger partial charge on any atom is 0.238 e. The molecule has 16 aromatic rings. The van der Waals surface area contributed by atoms with Crippen LogP contribution in [0.2, 0.25) is 0 Å². The minimum atomic E-state index is -2.86. The number of hydrogen-bond acceptors (Lipinski definition) is 2. The van der Waals surface area contributed by atoms with Gasteiger partial charge in [-0.1, -0.05) is 218 Å². The molecule has 0 spiro atoms. The lowest BCUT2D eigenvalue weighted by Crippen LogP contribution is -2.74. The second-order valence-corrected chi connectivity index (χ2v) is 23.9. The van der Waals surface area contributed by atoms with Gasteiger partial charge in [-0.2, -0.15) is 9.97 Å². The van der Waals surface area contributed by atoms with Crippen molar-refractivity contribution in [1.82, 2.24) is 28.2 Å². The van der Waals surface area contributed by atoms with Gasteiger partial charge in [-0.25, -0.2) is 0 Å². The molecule has 16 rings (SSSR count). The van der Waals surface area contributed by atoms with Crippen molar-refractivity contribution in [2.24, 2.45) is 0 Å². The molecule has 0 aliphatic carbocycles. The van der Waals surface area contributed by atoms with E-state index < -0.39 is 8.07 Å². The van der Waals surface area contributed by atoms with Crippen molar-refractivity contribution in [1.29, 1.82) is 0 Å². The molecule has 0 amide bonds. The highest BCUT2D eigenvalue weighted by Crippen LogP contribution is 2.43. The minimum Gasteiger partial charge on any atom is -0.309 e. The zero-order chi connectivity index (χ0) is 50.6. The van der Waals surface area contributed by atoms with E-state index >= 15 is 0 Å². The summed E-state index contributed by atoms with van der Waals surface area (Å²) in [6, 6.07) is 102. The molecule has 0 aliphatic rings. The van der Waals surface area contributed by atoms with Gasteiger partial charge in [-0.15, -0.1) is 0 Å². The first kappa shape index (κ1) is 43.3. The summed E-state index contributed by atoms with van der Waals surface area (Å²) in [6.45, 7) is 0. The zero-order valence-electron chi connectivity index (χ0n) is 41.7. The molecule has 0 bridgehead atoms. The van der Waals surface area contributed by atoms with E-state index in [-0.39, 0.29) is 0 Å². The molecule has 360 valence electrons. The summed E-state index contributed by atoms with van der Waals surface area (Å²) < 4.78 is 9.47. The van der Waals surface area contributed by atoms with E-state index in [1.54, 1.807) is 0 Å². The van der Waals surface area contributed by atoms with Crippen LogP contribution in [0.1, 0.15) is 0 Å². The molecule has 0 N–H and O–H groups in total. The van der Waals surface area contributed by atoms with Gasteiger partial charge in [0, 0.05) is 54.8 Å². The van der Waals surface area contributed by atoms with Crippen LogP contribution in [0.25, 0.3) is 110 Å². The molecule has 6 nitrogen and oxygen atoms in total. The molecule has 7 heteroatoms. The van der Waals surface area contributed by atoms with E-state index in [1.807, 2.05) is 0 Å². The second kappa shape index (κ2) is 17.0. The summed E-state index contributed by atoms with van der Waals surface area (Å²) >= 11 is 0. The second-order valence-electron chi connectivity index (χ2n) is 20.1. The first-order valence-corrected chi connectivity index (χ1v) is 28.3. The Hall–Kier alpha value is -10.1. The average Bonchev–Trinajstić information content (AvgIpc) is 4.33. The lowest BCUT2D eigenvalue weighted by Gasteiger charge is -2.34. The van der Waals surface area contributed by atoms with Crippen molar-refractivity contribution in [2.45, 2.75) is 0 Å². The van der Waals surface area contributed by atoms with Gasteiger partial charge in [0.1, 0.15) is 11.6 Å². The zero-order valence-corrected chi connectivity index (χ0v) is 42.7. The molecule has 5 heterocycles. The highest BCUT2D eigenvalue weighted by atomic mass is 28.3. The number of hydrogen-bond donors (Lipinski definition) is 0. The van der Waals surface area contributed by atoms with Crippen molar-refractivity contribution < 1.29 is 0 Å². The van der Waals surface area contributed by atoms with Gasteiger partial charge in [-0.3, -0.25) is 13.7 Å². The van der Waals surface area contributed by atoms with Gasteiger partial charge in [-0.05, 0) is 75.3 Å². The summed E-state index contributed by atoms with van der Waals surface area (Å²) in [5.74, 6) is 2.15. The number of nitrogens with zero attached hydrogens (tertiary/aromatic N) is 6. The van der Waals surface area contributed by atoms with E-state index in [4.69, 9.17) is 9.97 Å². The predicted octanol–water partition coefficient (Wildman–Crippen LogP) is 14.2. The van der Waals surface area contributed by atoms with Crippen LogP contribution in [0.15, 0.2) is 279 Å². The maximum absolute atomic E-state index is 5.77. The Morgan fingerprint density at radius 2 is 0.623 bits per heavy atom. The Bertz CT molecular complexity index is 4660. The number of para-hydroxylation sites is 6. The van der Waals surface area contributed by atoms with Crippen molar-refractivity contribution >= 4 is 116 Å². The van der Waals surface area contributed by atoms with Crippen molar-refractivity contribution in [3.05, 3.63) is 279 Å². The molecule has 11 aromatic carbocycles. The Labute approximate surface area is 444 Å². The summed E-state index contributed by atoms with van der Waals surface area (Å²) in [6.07, 6.45) is 0. The summed E-state index contributed by atoms with van der Waals surface area (Å²) in [7, 11) is -2.86. The molecule has 5 aromatic heterocycles. The Balaban J connectivity index is 1.01. The summed E-state index contributed by atoms with van der Waals surface area (Å²) in [5, 5.41) is 14.6. The minimum absolute atomic E-state index is 0.594. The molecular formula is C70H46N6Si. The van der Waals surface area contributed by atoms with Crippen LogP contribution in [0.3, 0.4) is 0 Å². The molecule has 0 radical (unpaired) electrons. The van der Waals surface area contributed by atoms with Gasteiger partial charge in [0.2, 0.25) is 5.95 Å². The summed E-state index contributed by atoms with van der Waals surface area (Å²) in [5.41, 5.74) is 9.79. The van der Waals surface area contributed by atoms with Crippen molar-refractivity contribution in [3.8, 4) is 23.3 Å². The molecule has 0 saturated carbocycles. The lowest BCUT2D eigenvalue weighted by atomic mass is 10.1. The third-order valence-electron chi connectivity index (χ3n) is 16.1. The number of benzene rings is 11. The molecule has 0 fully saturated rings. The lowest BCUT2D eigenvalue weighted by molar-refractivity contribution is 0.919. The van der Waals surface area contributed by atoms with Gasteiger partial charge in [0.25, 0.3) is 0 Å². The molecular weight excluding hydrogens is 953 g/mol. The Morgan fingerprint density at radius 3 is 1.12 bits per heavy atom. The van der Waals surface area contributed by atoms with Crippen LogP contribution >= 0.6 is 0 Å². The number of fused-ring (bicyclic) bond motifs is 13. The standard InChI is InChI=1S/C70H46N6Si/c1-4-24-48(25-5-1)77(49-26-6-2-7-27-49,50-28-8-3-9-29-50)51-30-22-23-47(45-51)73-64-42-21-15-36-58(64)68-65(73)44-43-57-56-35-14-20-41-63(56)76(69(57)68)67-46-66(74-59-37-16-10-31-52(59)53-32-11-17-38-60(53)74)71-70(72-67)75-61-39-18-12-33-54(61)55-34-13-19-40-62(55)75/h1-46H. The Morgan fingerprint density at radius 1 is 0.247 bits per heavy atom. The summed E-state index contributed by atoms with van der Waals surface area (Å²) in [4.78, 5) is 11.4. The quantitative estimate of drug-likeness (QED) is 0.112. The number of aromatic nitrogens is 6. The molecule has 0 saturated heterocycles. The highest BCUT2D eigenvalue weighted by molar-refractivity contribution is 7.19. The van der Waals surface area contributed by atoms with Crippen molar-refractivity contribution in [3.63, 3.8) is 0 Å². The smallest absolute Gasteiger partial charge is 0.238 e. The average molecular weight is 999 g/mol. The van der Waals surface area contributed by atoms with Crippen LogP contribution in [0, 0.1) is 0 Å². The maximum atomic E-state index is 5.77. The molecule has 0 atom stereocenters. The van der Waals surface area contributed by atoms with Crippen LogP contribution in [0.5, 0.6) is 0 Å². The monoisotopic (exact) mass is 998 g/mol. The van der Waals surface area contributed by atoms with Gasteiger partial charge < -0.3 is 4.57 Å². The highest BCUT2D eigenvalue weighted by Gasteiger charge is 2.41. The van der Waals surface area contributed by atoms with E-state index in [9.17, 15) is 0 Å². The predicted molar refractivity (Wildman–Crippen MR) is 323 cm³/mol. The van der Waals surface area contributed by atoms with Crippen molar-refractivity contribution in [2.75, 3.05) is 0 Å². The van der Waals surface area contributed by atoms with Crippen LogP contribution in [-0.2, 0) is 0 Å². The van der Waals surface area contributed by atoms with Crippen LogP contribution in [-0.4, -0.2) is 36.3 Å². The Kier molecular flexibility index (Phi) is 9.55. The van der Waals surface area contributed by atoms with Gasteiger partial charge in [0.05, 0.1) is 44.1 Å². The topological polar surface area (TPSA) is 45.5 Å². The van der Waals surface area contributed by atoms with E-state index in [0.29, 0.717) is 5.95 Å². The van der Waals surface area contributed by atoms with E-state index in [2.05, 4.69) is 297 Å². The largest absolute Gasteiger partial charge is 0.309 e. The fourth-order valence-electron chi connectivity index (χ4n) is 13.0. The third kappa shape index (κ3) is 6.29. The molecule has 77 heavy (non-hydrogen) atoms. The first-order valence-electron chi connectivity index (χ1n) is 26.3. The molecule has 0 aliphatic heterocycles.